The number of benzene rings is 2. The predicted molar refractivity (Wildman–Crippen MR) is 113 cm³/mol. The minimum atomic E-state index is -3.90. The van der Waals surface area contributed by atoms with Crippen LogP contribution in [0.25, 0.3) is 10.9 Å². The van der Waals surface area contributed by atoms with Gasteiger partial charge in [0.1, 0.15) is 17.3 Å². The minimum absolute atomic E-state index is 0.132. The molecule has 3 aromatic rings. The molecule has 0 amide bonds. The minimum Gasteiger partial charge on any atom is -0.490 e. The van der Waals surface area contributed by atoms with Gasteiger partial charge < -0.3 is 9.64 Å². The Balaban J connectivity index is 2.20. The van der Waals surface area contributed by atoms with Crippen molar-refractivity contribution in [3.63, 3.8) is 0 Å². The van der Waals surface area contributed by atoms with Crippen LogP contribution >= 0.6 is 39.1 Å². The molecule has 0 fully saturated rings. The second-order valence-corrected chi connectivity index (χ2v) is 9.64. The zero-order valence-electron chi connectivity index (χ0n) is 14.6. The largest absolute Gasteiger partial charge is 0.490 e. The summed E-state index contributed by atoms with van der Waals surface area (Å²) in [6.45, 7) is 1.07. The molecular formula is C18H17BrCl2N2O3S. The lowest BCUT2D eigenvalue weighted by Gasteiger charge is -2.10. The molecule has 1 heterocycles. The topological polar surface area (TPSA) is 51.5 Å². The van der Waals surface area contributed by atoms with Crippen molar-refractivity contribution in [2.24, 2.45) is 0 Å². The first-order valence-electron chi connectivity index (χ1n) is 7.99. The quantitative estimate of drug-likeness (QED) is 0.492. The average Bonchev–Trinajstić information content (AvgIpc) is 2.94. The van der Waals surface area contributed by atoms with Gasteiger partial charge >= 0.3 is 0 Å². The lowest BCUT2D eigenvalue weighted by Crippen LogP contribution is -2.19. The number of halogens is 3. The van der Waals surface area contributed by atoms with Crippen LogP contribution < -0.4 is 4.74 Å². The van der Waals surface area contributed by atoms with Crippen molar-refractivity contribution in [3.05, 3.63) is 57.1 Å². The lowest BCUT2D eigenvalue weighted by atomic mass is 10.2. The average molecular weight is 492 g/mol. The van der Waals surface area contributed by atoms with Gasteiger partial charge in [0, 0.05) is 21.4 Å². The first-order chi connectivity index (χ1) is 12.7. The summed E-state index contributed by atoms with van der Waals surface area (Å²) < 4.78 is 34.0. The van der Waals surface area contributed by atoms with Crippen molar-refractivity contribution in [1.82, 2.24) is 8.87 Å². The zero-order valence-corrected chi connectivity index (χ0v) is 18.5. The summed E-state index contributed by atoms with van der Waals surface area (Å²) >= 11 is 15.8. The van der Waals surface area contributed by atoms with Gasteiger partial charge in [0.05, 0.1) is 16.7 Å². The van der Waals surface area contributed by atoms with Crippen LogP contribution in [0.15, 0.2) is 52.0 Å². The normalized spacial score (nSPS) is 12.1. The maximum atomic E-state index is 13.3. The first kappa shape index (κ1) is 20.5. The Hall–Kier alpha value is -1.25. The highest BCUT2D eigenvalue weighted by Gasteiger charge is 2.25. The maximum Gasteiger partial charge on any atom is 0.269 e. The Morgan fingerprint density at radius 2 is 1.89 bits per heavy atom. The second-order valence-electron chi connectivity index (χ2n) is 6.16. The summed E-state index contributed by atoms with van der Waals surface area (Å²) in [5, 5.41) is 1.18. The molecule has 3 rings (SSSR count). The molecule has 0 N–H and O–H groups in total. The number of ether oxygens (including phenoxy) is 1. The molecule has 2 aromatic carbocycles. The molecule has 0 bridgehead atoms. The summed E-state index contributed by atoms with van der Waals surface area (Å²) in [7, 11) is -0.0436. The summed E-state index contributed by atoms with van der Waals surface area (Å²) in [5.74, 6) is 0.409. The third-order valence-electron chi connectivity index (χ3n) is 3.92. The standard InChI is InChI=1S/C18H17BrCl2N2O3S/c1-22(2)7-8-26-16-11-23(18-13(16)9-12(20)10-15(18)21)27(24,25)17-6-4-3-5-14(17)19/h3-6,9-11H,7-8H2,1-2H3. The van der Waals surface area contributed by atoms with Gasteiger partial charge in [0.2, 0.25) is 0 Å². The summed E-state index contributed by atoms with van der Waals surface area (Å²) in [6, 6.07) is 9.78. The molecule has 0 aliphatic carbocycles. The van der Waals surface area contributed by atoms with E-state index in [9.17, 15) is 8.42 Å². The Morgan fingerprint density at radius 1 is 1.19 bits per heavy atom. The Kier molecular flexibility index (Phi) is 6.08. The SMILES string of the molecule is CN(C)CCOc1cn(S(=O)(=O)c2ccccc2Br)c2c(Cl)cc(Cl)cc12. The molecule has 5 nitrogen and oxygen atoms in total. The van der Waals surface area contributed by atoms with E-state index in [1.807, 2.05) is 19.0 Å². The molecule has 0 spiro atoms. The van der Waals surface area contributed by atoms with Crippen LogP contribution in [-0.2, 0) is 10.0 Å². The highest BCUT2D eigenvalue weighted by Crippen LogP contribution is 2.38. The lowest BCUT2D eigenvalue weighted by molar-refractivity contribution is 0.263. The number of hydrogen-bond donors (Lipinski definition) is 0. The summed E-state index contributed by atoms with van der Waals surface area (Å²) in [4.78, 5) is 2.10. The van der Waals surface area contributed by atoms with Gasteiger partial charge in [-0.25, -0.2) is 12.4 Å². The molecule has 144 valence electrons. The van der Waals surface area contributed by atoms with E-state index in [0.717, 1.165) is 3.97 Å². The van der Waals surface area contributed by atoms with Crippen LogP contribution in [0.3, 0.4) is 0 Å². The molecule has 27 heavy (non-hydrogen) atoms. The van der Waals surface area contributed by atoms with Gasteiger partial charge in [-0.2, -0.15) is 0 Å². The Labute approximate surface area is 176 Å². The Morgan fingerprint density at radius 3 is 2.56 bits per heavy atom. The number of hydrogen-bond acceptors (Lipinski definition) is 4. The van der Waals surface area contributed by atoms with Crippen molar-refractivity contribution in [1.29, 1.82) is 0 Å². The third kappa shape index (κ3) is 4.12. The molecule has 0 aliphatic rings. The van der Waals surface area contributed by atoms with Crippen molar-refractivity contribution >= 4 is 60.1 Å². The molecule has 9 heteroatoms. The molecule has 0 saturated carbocycles. The second kappa shape index (κ2) is 8.01. The van der Waals surface area contributed by atoms with E-state index in [1.54, 1.807) is 24.3 Å². The maximum absolute atomic E-state index is 13.3. The van der Waals surface area contributed by atoms with Gasteiger partial charge in [-0.15, -0.1) is 0 Å². The highest BCUT2D eigenvalue weighted by molar-refractivity contribution is 9.10. The number of fused-ring (bicyclic) bond motifs is 1. The highest BCUT2D eigenvalue weighted by atomic mass is 79.9. The number of aromatic nitrogens is 1. The first-order valence-corrected chi connectivity index (χ1v) is 11.0. The van der Waals surface area contributed by atoms with Crippen LogP contribution in [0.2, 0.25) is 10.0 Å². The van der Waals surface area contributed by atoms with Gasteiger partial charge in [0.25, 0.3) is 10.0 Å². The van der Waals surface area contributed by atoms with Gasteiger partial charge in [-0.3, -0.25) is 0 Å². The van der Waals surface area contributed by atoms with E-state index in [4.69, 9.17) is 27.9 Å². The molecule has 0 radical (unpaired) electrons. The van der Waals surface area contributed by atoms with Crippen LogP contribution in [0, 0.1) is 0 Å². The Bertz CT molecular complexity index is 1100. The number of nitrogens with zero attached hydrogens (tertiary/aromatic N) is 2. The van der Waals surface area contributed by atoms with Crippen molar-refractivity contribution in [2.45, 2.75) is 4.90 Å². The number of rotatable bonds is 6. The smallest absolute Gasteiger partial charge is 0.269 e. The van der Waals surface area contributed by atoms with E-state index in [-0.39, 0.29) is 9.92 Å². The molecule has 1 aromatic heterocycles. The van der Waals surface area contributed by atoms with Gasteiger partial charge in [-0.1, -0.05) is 35.3 Å². The zero-order chi connectivity index (χ0) is 19.8. The van der Waals surface area contributed by atoms with E-state index in [1.165, 1.54) is 18.3 Å². The van der Waals surface area contributed by atoms with E-state index in [0.29, 0.717) is 39.3 Å². The van der Waals surface area contributed by atoms with Crippen LogP contribution in [-0.4, -0.2) is 44.5 Å². The van der Waals surface area contributed by atoms with Crippen molar-refractivity contribution < 1.29 is 13.2 Å². The monoisotopic (exact) mass is 490 g/mol. The fraction of sp³-hybridized carbons (Fsp3) is 0.222. The van der Waals surface area contributed by atoms with Gasteiger partial charge in [0.15, 0.2) is 0 Å². The molecular weight excluding hydrogens is 475 g/mol. The molecule has 0 aliphatic heterocycles. The summed E-state index contributed by atoms with van der Waals surface area (Å²) in [5.41, 5.74) is 0.330. The third-order valence-corrected chi connectivity index (χ3v) is 7.10. The molecule has 0 saturated heterocycles. The van der Waals surface area contributed by atoms with Crippen LogP contribution in [0.5, 0.6) is 5.75 Å². The summed E-state index contributed by atoms with van der Waals surface area (Å²) in [6.07, 6.45) is 1.44. The van der Waals surface area contributed by atoms with Crippen molar-refractivity contribution in [2.75, 3.05) is 27.2 Å². The fourth-order valence-electron chi connectivity index (χ4n) is 2.62. The van der Waals surface area contributed by atoms with E-state index < -0.39 is 10.0 Å². The van der Waals surface area contributed by atoms with E-state index >= 15 is 0 Å². The van der Waals surface area contributed by atoms with E-state index in [2.05, 4.69) is 15.9 Å². The van der Waals surface area contributed by atoms with Crippen LogP contribution in [0.1, 0.15) is 0 Å². The predicted octanol–water partition coefficient (Wildman–Crippen LogP) is 4.89. The molecule has 0 unspecified atom stereocenters. The fourth-order valence-corrected chi connectivity index (χ4v) is 5.60. The van der Waals surface area contributed by atoms with Crippen LogP contribution in [0.4, 0.5) is 0 Å². The molecule has 0 atom stereocenters. The van der Waals surface area contributed by atoms with Gasteiger partial charge in [-0.05, 0) is 54.3 Å². The van der Waals surface area contributed by atoms with Crippen molar-refractivity contribution in [3.8, 4) is 5.75 Å². The number of likely N-dealkylation sites (N-methyl/N-ethyl adjacent to an activating group) is 1.